The van der Waals surface area contributed by atoms with Gasteiger partial charge in [-0.25, -0.2) is 8.42 Å². The molecule has 0 aliphatic rings. The lowest BCUT2D eigenvalue weighted by molar-refractivity contribution is 0.199. The molecule has 0 saturated carbocycles. The van der Waals surface area contributed by atoms with Crippen molar-refractivity contribution in [2.75, 3.05) is 24.2 Å². The lowest BCUT2D eigenvalue weighted by Crippen LogP contribution is -2.17. The van der Waals surface area contributed by atoms with E-state index in [-0.39, 0.29) is 5.75 Å². The highest BCUT2D eigenvalue weighted by atomic mass is 127. The van der Waals surface area contributed by atoms with Gasteiger partial charge in [0, 0.05) is 23.0 Å². The Morgan fingerprint density at radius 1 is 1.31 bits per heavy atom. The summed E-state index contributed by atoms with van der Waals surface area (Å²) in [5.74, 6) is 0.0762. The highest BCUT2D eigenvalue weighted by Gasteiger charge is 2.09. The zero-order valence-corrected chi connectivity index (χ0v) is 11.9. The Labute approximate surface area is 110 Å². The van der Waals surface area contributed by atoms with Gasteiger partial charge in [-0.15, -0.1) is 0 Å². The molecular weight excluding hydrogens is 341 g/mol. The Bertz CT molecular complexity index is 416. The number of anilines is 1. The van der Waals surface area contributed by atoms with Crippen LogP contribution in [0, 0.1) is 3.57 Å². The monoisotopic (exact) mass is 355 g/mol. The van der Waals surface area contributed by atoms with Crippen LogP contribution in [0.25, 0.3) is 0 Å². The summed E-state index contributed by atoms with van der Waals surface area (Å²) in [5, 5.41) is 0. The highest BCUT2D eigenvalue weighted by Crippen LogP contribution is 2.12. The number of ether oxygens (including phenoxy) is 1. The number of methoxy groups -OCH3 is 1. The van der Waals surface area contributed by atoms with Crippen molar-refractivity contribution in [2.45, 2.75) is 6.42 Å². The first-order valence-electron chi connectivity index (χ1n) is 4.78. The molecule has 0 bridgehead atoms. The van der Waals surface area contributed by atoms with E-state index < -0.39 is 10.0 Å². The van der Waals surface area contributed by atoms with E-state index in [9.17, 15) is 8.42 Å². The van der Waals surface area contributed by atoms with Gasteiger partial charge in [-0.2, -0.15) is 0 Å². The van der Waals surface area contributed by atoms with E-state index in [2.05, 4.69) is 27.3 Å². The molecule has 0 aliphatic carbocycles. The van der Waals surface area contributed by atoms with Crippen LogP contribution < -0.4 is 4.72 Å². The van der Waals surface area contributed by atoms with Crippen molar-refractivity contribution in [1.82, 2.24) is 0 Å². The molecule has 1 aromatic rings. The second kappa shape index (κ2) is 6.41. The minimum atomic E-state index is -3.25. The molecule has 4 nitrogen and oxygen atoms in total. The van der Waals surface area contributed by atoms with Crippen LogP contribution in [0.2, 0.25) is 0 Å². The van der Waals surface area contributed by atoms with E-state index in [1.54, 1.807) is 19.2 Å². The highest BCUT2D eigenvalue weighted by molar-refractivity contribution is 14.1. The molecule has 0 fully saturated rings. The molecule has 0 aliphatic heterocycles. The van der Waals surface area contributed by atoms with Crippen LogP contribution in [-0.4, -0.2) is 27.9 Å². The maximum atomic E-state index is 11.6. The number of benzene rings is 1. The van der Waals surface area contributed by atoms with Crippen molar-refractivity contribution >= 4 is 38.3 Å². The predicted octanol–water partition coefficient (Wildman–Crippen LogP) is 2.07. The second-order valence-corrected chi connectivity index (χ2v) is 6.36. The maximum Gasteiger partial charge on any atom is 0.232 e. The topological polar surface area (TPSA) is 55.4 Å². The Kier molecular flexibility index (Phi) is 5.50. The third kappa shape index (κ3) is 5.13. The number of hydrogen-bond acceptors (Lipinski definition) is 3. The van der Waals surface area contributed by atoms with Gasteiger partial charge in [0.25, 0.3) is 0 Å². The minimum Gasteiger partial charge on any atom is -0.385 e. The van der Waals surface area contributed by atoms with Crippen molar-refractivity contribution in [2.24, 2.45) is 0 Å². The Morgan fingerprint density at radius 2 is 1.94 bits per heavy atom. The van der Waals surface area contributed by atoms with Crippen molar-refractivity contribution in [3.8, 4) is 0 Å². The largest absolute Gasteiger partial charge is 0.385 e. The molecule has 6 heteroatoms. The first-order valence-corrected chi connectivity index (χ1v) is 7.51. The molecule has 0 radical (unpaired) electrons. The second-order valence-electron chi connectivity index (χ2n) is 3.27. The molecule has 90 valence electrons. The Morgan fingerprint density at radius 3 is 2.50 bits per heavy atom. The summed E-state index contributed by atoms with van der Waals surface area (Å²) in [6.45, 7) is 0.452. The minimum absolute atomic E-state index is 0.0762. The van der Waals surface area contributed by atoms with Crippen LogP contribution in [0.1, 0.15) is 6.42 Å². The summed E-state index contributed by atoms with van der Waals surface area (Å²) >= 11 is 2.17. The van der Waals surface area contributed by atoms with Gasteiger partial charge in [0.05, 0.1) is 5.75 Å². The fourth-order valence-corrected chi connectivity index (χ4v) is 2.60. The summed E-state index contributed by atoms with van der Waals surface area (Å²) in [6.07, 6.45) is 0.496. The van der Waals surface area contributed by atoms with E-state index in [0.29, 0.717) is 18.7 Å². The van der Waals surface area contributed by atoms with E-state index in [1.807, 2.05) is 12.1 Å². The Hall–Kier alpha value is -0.340. The van der Waals surface area contributed by atoms with Crippen LogP contribution in [-0.2, 0) is 14.8 Å². The molecule has 1 rings (SSSR count). The van der Waals surface area contributed by atoms with Gasteiger partial charge in [-0.1, -0.05) is 0 Å². The molecule has 0 atom stereocenters. The van der Waals surface area contributed by atoms with Crippen molar-refractivity contribution < 1.29 is 13.2 Å². The number of hydrogen-bond donors (Lipinski definition) is 1. The smallest absolute Gasteiger partial charge is 0.232 e. The predicted molar refractivity (Wildman–Crippen MR) is 73.1 cm³/mol. The first-order chi connectivity index (χ1) is 7.53. The van der Waals surface area contributed by atoms with Crippen molar-refractivity contribution in [3.05, 3.63) is 27.8 Å². The van der Waals surface area contributed by atoms with E-state index in [0.717, 1.165) is 3.57 Å². The maximum absolute atomic E-state index is 11.6. The SMILES string of the molecule is COCCCS(=O)(=O)Nc1ccc(I)cc1. The van der Waals surface area contributed by atoms with Crippen LogP contribution in [0.5, 0.6) is 0 Å². The number of sulfonamides is 1. The van der Waals surface area contributed by atoms with Gasteiger partial charge >= 0.3 is 0 Å². The van der Waals surface area contributed by atoms with Gasteiger partial charge in [-0.05, 0) is 53.3 Å². The molecule has 0 unspecified atom stereocenters. The summed E-state index contributed by atoms with van der Waals surface area (Å²) < 4.78 is 31.6. The summed E-state index contributed by atoms with van der Waals surface area (Å²) in [6, 6.07) is 7.20. The zero-order chi connectivity index (χ0) is 12.0. The first kappa shape index (κ1) is 13.7. The molecule has 0 saturated heterocycles. The normalized spacial score (nSPS) is 11.4. The van der Waals surface area contributed by atoms with Crippen LogP contribution in [0.3, 0.4) is 0 Å². The fourth-order valence-electron chi connectivity index (χ4n) is 1.14. The summed E-state index contributed by atoms with van der Waals surface area (Å²) in [4.78, 5) is 0. The molecule has 16 heavy (non-hydrogen) atoms. The summed E-state index contributed by atoms with van der Waals surface area (Å²) in [5.41, 5.74) is 0.595. The molecule has 0 amide bonds. The van der Waals surface area contributed by atoms with Gasteiger partial charge in [0.1, 0.15) is 0 Å². The molecule has 0 heterocycles. The molecular formula is C10H14INO3S. The average molecular weight is 355 g/mol. The fraction of sp³-hybridized carbons (Fsp3) is 0.400. The van der Waals surface area contributed by atoms with Crippen molar-refractivity contribution in [3.63, 3.8) is 0 Å². The molecule has 1 N–H and O–H groups in total. The van der Waals surface area contributed by atoms with Crippen LogP contribution >= 0.6 is 22.6 Å². The van der Waals surface area contributed by atoms with Crippen molar-refractivity contribution in [1.29, 1.82) is 0 Å². The average Bonchev–Trinajstić information content (AvgIpc) is 2.21. The lowest BCUT2D eigenvalue weighted by atomic mass is 10.3. The van der Waals surface area contributed by atoms with E-state index >= 15 is 0 Å². The number of rotatable bonds is 6. The van der Waals surface area contributed by atoms with Gasteiger partial charge in [0.15, 0.2) is 0 Å². The quantitative estimate of drug-likeness (QED) is 0.628. The standard InChI is InChI=1S/C10H14INO3S/c1-15-7-2-8-16(13,14)12-10-5-3-9(11)4-6-10/h3-6,12H,2,7-8H2,1H3. The van der Waals surface area contributed by atoms with E-state index in [1.165, 1.54) is 0 Å². The number of halogens is 1. The lowest BCUT2D eigenvalue weighted by Gasteiger charge is -2.07. The molecule has 0 spiro atoms. The van der Waals surface area contributed by atoms with Gasteiger partial charge < -0.3 is 4.74 Å². The van der Waals surface area contributed by atoms with Crippen LogP contribution in [0.4, 0.5) is 5.69 Å². The van der Waals surface area contributed by atoms with Crippen LogP contribution in [0.15, 0.2) is 24.3 Å². The molecule has 1 aromatic carbocycles. The molecule has 0 aromatic heterocycles. The van der Waals surface area contributed by atoms with Gasteiger partial charge in [-0.3, -0.25) is 4.72 Å². The third-order valence-corrected chi connectivity index (χ3v) is 3.97. The zero-order valence-electron chi connectivity index (χ0n) is 8.94. The summed E-state index contributed by atoms with van der Waals surface area (Å²) in [7, 11) is -1.70. The number of nitrogens with one attached hydrogen (secondary N) is 1. The Balaban J connectivity index is 2.55. The van der Waals surface area contributed by atoms with Gasteiger partial charge in [0.2, 0.25) is 10.0 Å². The third-order valence-electron chi connectivity index (χ3n) is 1.88. The van der Waals surface area contributed by atoms with E-state index in [4.69, 9.17) is 4.74 Å².